The van der Waals surface area contributed by atoms with Gasteiger partial charge in [-0.05, 0) is 18.1 Å². The normalized spacial score (nSPS) is 19.0. The molecule has 1 aliphatic heterocycles. The van der Waals surface area contributed by atoms with E-state index >= 15 is 0 Å². The lowest BCUT2D eigenvalue weighted by Crippen LogP contribution is -2.36. The quantitative estimate of drug-likeness (QED) is 0.825. The molecule has 0 aliphatic carbocycles. The van der Waals surface area contributed by atoms with E-state index in [0.717, 1.165) is 17.7 Å². The first-order valence-electron chi connectivity index (χ1n) is 6.41. The van der Waals surface area contributed by atoms with E-state index in [0.29, 0.717) is 0 Å². The van der Waals surface area contributed by atoms with Crippen LogP contribution in [0.4, 0.5) is 5.69 Å². The zero-order chi connectivity index (χ0) is 13.2. The number of nitrogens with zero attached hydrogens (tertiary/aromatic N) is 1. The van der Waals surface area contributed by atoms with E-state index in [-0.39, 0.29) is 6.04 Å². The van der Waals surface area contributed by atoms with Gasteiger partial charge >= 0.3 is 0 Å². The Balaban J connectivity index is 2.00. The van der Waals surface area contributed by atoms with Crippen LogP contribution >= 0.6 is 0 Å². The van der Waals surface area contributed by atoms with Crippen LogP contribution in [0.2, 0.25) is 0 Å². The van der Waals surface area contributed by atoms with Gasteiger partial charge in [0, 0.05) is 17.5 Å². The highest BCUT2D eigenvalue weighted by Crippen LogP contribution is 2.36. The molecular weight excluding hydrogens is 236 g/mol. The highest BCUT2D eigenvalue weighted by molar-refractivity contribution is 5.75. The van der Waals surface area contributed by atoms with E-state index in [4.69, 9.17) is 5.41 Å². The van der Waals surface area contributed by atoms with E-state index in [1.54, 1.807) is 0 Å². The molecule has 2 atom stereocenters. The van der Waals surface area contributed by atoms with Crippen molar-refractivity contribution in [2.75, 3.05) is 4.90 Å². The fourth-order valence-electron chi connectivity index (χ4n) is 2.68. The van der Waals surface area contributed by atoms with Crippen molar-refractivity contribution in [1.82, 2.24) is 0 Å². The third-order valence-corrected chi connectivity index (χ3v) is 3.61. The Kier molecular flexibility index (Phi) is 3.05. The summed E-state index contributed by atoms with van der Waals surface area (Å²) in [6.07, 6.45) is 1.48. The molecule has 2 aromatic carbocycles. The molecule has 0 spiro atoms. The average molecular weight is 252 g/mol. The van der Waals surface area contributed by atoms with Crippen molar-refractivity contribution in [2.24, 2.45) is 0 Å². The second-order valence-electron chi connectivity index (χ2n) is 4.76. The Labute approximate surface area is 112 Å². The van der Waals surface area contributed by atoms with Crippen LogP contribution in [-0.2, 0) is 6.42 Å². The van der Waals surface area contributed by atoms with Crippen LogP contribution in [-0.4, -0.2) is 17.4 Å². The lowest BCUT2D eigenvalue weighted by atomic mass is 10.1. The number of aliphatic hydroxyl groups is 1. The molecule has 0 amide bonds. The Morgan fingerprint density at radius 2 is 1.79 bits per heavy atom. The van der Waals surface area contributed by atoms with Gasteiger partial charge in [-0.25, -0.2) is 0 Å². The molecular formula is C16H16N2O. The predicted molar refractivity (Wildman–Crippen MR) is 76.6 cm³/mol. The number of para-hydroxylation sites is 1. The van der Waals surface area contributed by atoms with Crippen LogP contribution in [0.15, 0.2) is 54.6 Å². The summed E-state index contributed by atoms with van der Waals surface area (Å²) in [4.78, 5) is 1.91. The minimum absolute atomic E-state index is 0.0763. The Hall–Kier alpha value is -2.13. The topological polar surface area (TPSA) is 47.3 Å². The molecule has 1 unspecified atom stereocenters. The maximum absolute atomic E-state index is 10.6. The van der Waals surface area contributed by atoms with Gasteiger partial charge in [-0.2, -0.15) is 0 Å². The smallest absolute Gasteiger partial charge is 0.153 e. The SMILES string of the molecule is N=C[C@@H]1Cc2ccccc2N1C(O)c1ccccc1. The summed E-state index contributed by atoms with van der Waals surface area (Å²) in [5, 5.41) is 18.2. The van der Waals surface area contributed by atoms with Gasteiger partial charge < -0.3 is 15.4 Å². The van der Waals surface area contributed by atoms with E-state index < -0.39 is 6.23 Å². The summed E-state index contributed by atoms with van der Waals surface area (Å²) in [5.41, 5.74) is 3.06. The number of nitrogens with one attached hydrogen (secondary N) is 1. The van der Waals surface area contributed by atoms with Gasteiger partial charge in [-0.1, -0.05) is 48.5 Å². The lowest BCUT2D eigenvalue weighted by molar-refractivity contribution is 0.170. The summed E-state index contributed by atoms with van der Waals surface area (Å²) in [7, 11) is 0. The molecule has 3 heteroatoms. The molecule has 1 aliphatic rings. The van der Waals surface area contributed by atoms with Crippen molar-refractivity contribution in [1.29, 1.82) is 5.41 Å². The molecule has 3 nitrogen and oxygen atoms in total. The van der Waals surface area contributed by atoms with Crippen molar-refractivity contribution < 1.29 is 5.11 Å². The van der Waals surface area contributed by atoms with Crippen molar-refractivity contribution in [2.45, 2.75) is 18.7 Å². The Morgan fingerprint density at radius 3 is 2.53 bits per heavy atom. The monoisotopic (exact) mass is 252 g/mol. The van der Waals surface area contributed by atoms with Gasteiger partial charge in [0.25, 0.3) is 0 Å². The van der Waals surface area contributed by atoms with Gasteiger partial charge in [-0.3, -0.25) is 0 Å². The minimum Gasteiger partial charge on any atom is -0.369 e. The van der Waals surface area contributed by atoms with Crippen molar-refractivity contribution in [3.8, 4) is 0 Å². The van der Waals surface area contributed by atoms with Crippen LogP contribution in [0.5, 0.6) is 0 Å². The second-order valence-corrected chi connectivity index (χ2v) is 4.76. The molecule has 2 aromatic rings. The number of hydrogen-bond donors (Lipinski definition) is 2. The average Bonchev–Trinajstić information content (AvgIpc) is 2.86. The Bertz CT molecular complexity index is 582. The standard InChI is InChI=1S/C16H16N2O/c17-11-14-10-13-8-4-5-9-15(13)18(14)16(19)12-6-2-1-3-7-12/h1-9,11,14,16-17,19H,10H2/t14-,16?/m0/s1. The molecule has 19 heavy (non-hydrogen) atoms. The van der Waals surface area contributed by atoms with Crippen molar-refractivity contribution in [3.05, 3.63) is 65.7 Å². The fraction of sp³-hybridized carbons (Fsp3) is 0.188. The largest absolute Gasteiger partial charge is 0.369 e. The Morgan fingerprint density at radius 1 is 1.11 bits per heavy atom. The molecule has 0 saturated carbocycles. The van der Waals surface area contributed by atoms with Crippen molar-refractivity contribution in [3.63, 3.8) is 0 Å². The summed E-state index contributed by atoms with van der Waals surface area (Å²) in [6, 6.07) is 17.5. The number of anilines is 1. The van der Waals surface area contributed by atoms with Gasteiger partial charge in [-0.15, -0.1) is 0 Å². The molecule has 0 saturated heterocycles. The van der Waals surface area contributed by atoms with E-state index in [2.05, 4.69) is 6.07 Å². The molecule has 2 N–H and O–H groups in total. The van der Waals surface area contributed by atoms with Gasteiger partial charge in [0.05, 0.1) is 6.04 Å². The molecule has 3 rings (SSSR count). The first kappa shape index (κ1) is 11.9. The van der Waals surface area contributed by atoms with Crippen LogP contribution in [0.25, 0.3) is 0 Å². The second kappa shape index (κ2) is 4.86. The first-order chi connectivity index (χ1) is 9.31. The zero-order valence-electron chi connectivity index (χ0n) is 10.5. The molecule has 0 radical (unpaired) electrons. The molecule has 0 bridgehead atoms. The number of rotatable bonds is 3. The van der Waals surface area contributed by atoms with Gasteiger partial charge in [0.1, 0.15) is 0 Å². The molecule has 0 aromatic heterocycles. The molecule has 1 heterocycles. The van der Waals surface area contributed by atoms with Crippen LogP contribution in [0, 0.1) is 5.41 Å². The van der Waals surface area contributed by atoms with Gasteiger partial charge in [0.15, 0.2) is 6.23 Å². The molecule has 0 fully saturated rings. The highest BCUT2D eigenvalue weighted by atomic mass is 16.3. The minimum atomic E-state index is -0.712. The van der Waals surface area contributed by atoms with E-state index in [1.807, 2.05) is 53.4 Å². The lowest BCUT2D eigenvalue weighted by Gasteiger charge is -2.30. The van der Waals surface area contributed by atoms with E-state index in [1.165, 1.54) is 11.8 Å². The van der Waals surface area contributed by atoms with Gasteiger partial charge in [0.2, 0.25) is 0 Å². The first-order valence-corrected chi connectivity index (χ1v) is 6.41. The summed E-state index contributed by atoms with van der Waals surface area (Å²) < 4.78 is 0. The zero-order valence-corrected chi connectivity index (χ0v) is 10.5. The van der Waals surface area contributed by atoms with E-state index in [9.17, 15) is 5.11 Å². The third kappa shape index (κ3) is 2.02. The van der Waals surface area contributed by atoms with Crippen LogP contribution in [0.3, 0.4) is 0 Å². The van der Waals surface area contributed by atoms with Crippen LogP contribution in [0.1, 0.15) is 17.4 Å². The number of benzene rings is 2. The molecule has 96 valence electrons. The maximum atomic E-state index is 10.6. The highest BCUT2D eigenvalue weighted by Gasteiger charge is 2.32. The predicted octanol–water partition coefficient (Wildman–Crippen LogP) is 2.76. The van der Waals surface area contributed by atoms with Crippen molar-refractivity contribution >= 4 is 11.9 Å². The van der Waals surface area contributed by atoms with Crippen LogP contribution < -0.4 is 4.90 Å². The summed E-state index contributed by atoms with van der Waals surface area (Å²) in [5.74, 6) is 0. The maximum Gasteiger partial charge on any atom is 0.153 e. The number of hydrogen-bond acceptors (Lipinski definition) is 3. The number of fused-ring (bicyclic) bond motifs is 1. The fourth-order valence-corrected chi connectivity index (χ4v) is 2.68. The summed E-state index contributed by atoms with van der Waals surface area (Å²) >= 11 is 0. The third-order valence-electron chi connectivity index (χ3n) is 3.61. The summed E-state index contributed by atoms with van der Waals surface area (Å²) in [6.45, 7) is 0. The number of aliphatic hydroxyl groups excluding tert-OH is 1.